The van der Waals surface area contributed by atoms with Gasteiger partial charge in [0.05, 0.1) is 20.3 Å². The van der Waals surface area contributed by atoms with Crippen molar-refractivity contribution in [1.29, 1.82) is 0 Å². The number of benzene rings is 4. The van der Waals surface area contributed by atoms with Crippen LogP contribution in [0, 0.1) is 0 Å². The summed E-state index contributed by atoms with van der Waals surface area (Å²) in [5.41, 5.74) is 1.84. The summed E-state index contributed by atoms with van der Waals surface area (Å²) >= 11 is 0. The molecule has 0 spiro atoms. The van der Waals surface area contributed by atoms with Gasteiger partial charge in [0, 0.05) is 6.92 Å². The maximum atomic E-state index is 12.1. The van der Waals surface area contributed by atoms with E-state index < -0.39 is 45.0 Å². The topological polar surface area (TPSA) is 92.7 Å². The molecule has 0 radical (unpaired) electrons. The number of aliphatic hydroxyl groups excluding tert-OH is 1. The van der Waals surface area contributed by atoms with Gasteiger partial charge in [0.2, 0.25) is 0 Å². The molecule has 1 saturated heterocycles. The molecule has 0 amide bonds. The summed E-state index contributed by atoms with van der Waals surface area (Å²) in [4.78, 5) is 12.1. The van der Waals surface area contributed by atoms with E-state index in [0.717, 1.165) is 27.2 Å². The molecular formula is C39H46O8Si. The summed E-state index contributed by atoms with van der Waals surface area (Å²) < 4.78 is 37.9. The Morgan fingerprint density at radius 3 is 1.73 bits per heavy atom. The lowest BCUT2D eigenvalue weighted by molar-refractivity contribution is -0.305. The molecule has 1 heterocycles. The molecule has 1 aliphatic heterocycles. The highest BCUT2D eigenvalue weighted by molar-refractivity contribution is 6.99. The van der Waals surface area contributed by atoms with E-state index in [4.69, 9.17) is 28.1 Å². The summed E-state index contributed by atoms with van der Waals surface area (Å²) in [7, 11) is -1.57. The Balaban J connectivity index is 1.61. The largest absolute Gasteiger partial charge is 0.497 e. The van der Waals surface area contributed by atoms with E-state index in [1.54, 1.807) is 7.11 Å². The molecule has 4 aromatic rings. The second-order valence-corrected chi connectivity index (χ2v) is 17.3. The van der Waals surface area contributed by atoms with Gasteiger partial charge >= 0.3 is 5.97 Å². The van der Waals surface area contributed by atoms with Crippen molar-refractivity contribution < 1.29 is 38.0 Å². The summed E-state index contributed by atoms with van der Waals surface area (Å²) in [5.74, 6) is 0.271. The van der Waals surface area contributed by atoms with Gasteiger partial charge in [0.15, 0.2) is 6.29 Å². The second kappa shape index (κ2) is 16.0. The highest BCUT2D eigenvalue weighted by atomic mass is 28.4. The number of carbonyl (C=O) groups excluding carboxylic acids is 1. The van der Waals surface area contributed by atoms with Crippen LogP contribution in [-0.2, 0) is 41.4 Å². The number of ether oxygens (including phenoxy) is 5. The highest BCUT2D eigenvalue weighted by Gasteiger charge is 2.57. The van der Waals surface area contributed by atoms with Gasteiger partial charge in [-0.15, -0.1) is 0 Å². The standard InChI is InChI=1S/C39H46O8Si/c1-28(40)43-27-34-35(47-48(39(2,3)4,32-17-11-7-12-18-32)33-19-13-8-14-20-33)36(44-25-29-15-9-6-10-16-29)37(38(41)46-34)45-26-30-21-23-31(42-5)24-22-30/h6-24,34-38,41H,25-27H2,1-5H3/t34-,35-,36+,37-,38?/m0/s1. The van der Waals surface area contributed by atoms with Crippen molar-refractivity contribution in [2.24, 2.45) is 0 Å². The van der Waals surface area contributed by atoms with Crippen LogP contribution in [0.2, 0.25) is 5.04 Å². The first-order valence-corrected chi connectivity index (χ1v) is 18.2. The molecule has 0 aromatic heterocycles. The smallest absolute Gasteiger partial charge is 0.302 e. The fraction of sp³-hybridized carbons (Fsp3) is 0.359. The third kappa shape index (κ3) is 8.23. The molecule has 5 rings (SSSR count). The molecule has 4 aromatic carbocycles. The number of carbonyl (C=O) groups is 1. The van der Waals surface area contributed by atoms with Crippen molar-refractivity contribution in [3.8, 4) is 5.75 Å². The van der Waals surface area contributed by atoms with Gasteiger partial charge in [-0.3, -0.25) is 4.79 Å². The summed E-state index contributed by atoms with van der Waals surface area (Å²) in [6.45, 7) is 8.21. The summed E-state index contributed by atoms with van der Waals surface area (Å²) in [6.07, 6.45) is -4.79. The van der Waals surface area contributed by atoms with Gasteiger partial charge in [0.1, 0.15) is 36.8 Å². The summed E-state index contributed by atoms with van der Waals surface area (Å²) in [6, 6.07) is 37.9. The van der Waals surface area contributed by atoms with Crippen molar-refractivity contribution in [2.75, 3.05) is 13.7 Å². The van der Waals surface area contributed by atoms with Crippen molar-refractivity contribution in [3.05, 3.63) is 126 Å². The van der Waals surface area contributed by atoms with Crippen LogP contribution in [0.15, 0.2) is 115 Å². The number of methoxy groups -OCH3 is 1. The quantitative estimate of drug-likeness (QED) is 0.150. The number of hydrogen-bond acceptors (Lipinski definition) is 8. The minimum atomic E-state index is -3.19. The highest BCUT2D eigenvalue weighted by Crippen LogP contribution is 2.40. The normalized spacial score (nSPS) is 21.4. The van der Waals surface area contributed by atoms with Crippen molar-refractivity contribution in [2.45, 2.75) is 76.7 Å². The van der Waals surface area contributed by atoms with Crippen LogP contribution in [0.25, 0.3) is 0 Å². The van der Waals surface area contributed by atoms with Gasteiger partial charge in [-0.05, 0) is 38.7 Å². The lowest BCUT2D eigenvalue weighted by Crippen LogP contribution is -2.72. The molecule has 254 valence electrons. The Labute approximate surface area is 284 Å². The Morgan fingerprint density at radius 2 is 1.23 bits per heavy atom. The molecule has 0 aliphatic carbocycles. The molecule has 8 nitrogen and oxygen atoms in total. The number of aliphatic hydroxyl groups is 1. The minimum Gasteiger partial charge on any atom is -0.497 e. The zero-order chi connectivity index (χ0) is 34.1. The third-order valence-corrected chi connectivity index (χ3v) is 13.7. The zero-order valence-corrected chi connectivity index (χ0v) is 29.3. The fourth-order valence-electron chi connectivity index (χ4n) is 6.31. The van der Waals surface area contributed by atoms with Crippen molar-refractivity contribution >= 4 is 24.7 Å². The van der Waals surface area contributed by atoms with E-state index in [2.05, 4.69) is 45.0 Å². The Morgan fingerprint density at radius 1 is 0.729 bits per heavy atom. The van der Waals surface area contributed by atoms with Gasteiger partial charge in [0.25, 0.3) is 8.32 Å². The molecule has 0 saturated carbocycles. The van der Waals surface area contributed by atoms with Crippen LogP contribution in [-0.4, -0.2) is 63.8 Å². The molecule has 5 atom stereocenters. The number of hydrogen-bond donors (Lipinski definition) is 1. The molecular weight excluding hydrogens is 625 g/mol. The number of rotatable bonds is 13. The lowest BCUT2D eigenvalue weighted by atomic mass is 9.98. The van der Waals surface area contributed by atoms with Gasteiger partial charge in [-0.25, -0.2) is 0 Å². The Kier molecular flexibility index (Phi) is 11.9. The molecule has 0 bridgehead atoms. The van der Waals surface area contributed by atoms with E-state index in [1.807, 2.05) is 91.0 Å². The predicted molar refractivity (Wildman–Crippen MR) is 187 cm³/mol. The molecule has 1 N–H and O–H groups in total. The van der Waals surface area contributed by atoms with Crippen LogP contribution in [0.1, 0.15) is 38.8 Å². The first-order valence-electron chi connectivity index (χ1n) is 16.3. The Bertz CT molecular complexity index is 1520. The molecule has 9 heteroatoms. The summed E-state index contributed by atoms with van der Waals surface area (Å²) in [5, 5.41) is 13.3. The van der Waals surface area contributed by atoms with Crippen LogP contribution in [0.3, 0.4) is 0 Å². The van der Waals surface area contributed by atoms with E-state index in [1.165, 1.54) is 6.92 Å². The SMILES string of the molecule is COc1ccc(CO[C@@H]2C(O)O[C@@H](COC(C)=O)[C@H](O[Si](c3ccccc3)(c3ccccc3)C(C)(C)C)[C@H]2OCc2ccccc2)cc1. The second-order valence-electron chi connectivity index (χ2n) is 13.0. The number of esters is 1. The van der Waals surface area contributed by atoms with Crippen LogP contribution < -0.4 is 15.1 Å². The van der Waals surface area contributed by atoms with E-state index in [9.17, 15) is 9.90 Å². The van der Waals surface area contributed by atoms with Crippen LogP contribution in [0.5, 0.6) is 5.75 Å². The monoisotopic (exact) mass is 670 g/mol. The van der Waals surface area contributed by atoms with Crippen molar-refractivity contribution in [3.63, 3.8) is 0 Å². The average molecular weight is 671 g/mol. The van der Waals surface area contributed by atoms with Crippen LogP contribution in [0.4, 0.5) is 0 Å². The molecule has 1 fully saturated rings. The molecule has 1 unspecified atom stereocenters. The average Bonchev–Trinajstić information content (AvgIpc) is 3.09. The van der Waals surface area contributed by atoms with Gasteiger partial charge in [-0.2, -0.15) is 0 Å². The molecule has 1 aliphatic rings. The minimum absolute atomic E-state index is 0.133. The fourth-order valence-corrected chi connectivity index (χ4v) is 11.0. The zero-order valence-electron chi connectivity index (χ0n) is 28.3. The first kappa shape index (κ1) is 35.5. The third-order valence-electron chi connectivity index (χ3n) is 8.68. The van der Waals surface area contributed by atoms with E-state index in [-0.39, 0.29) is 24.9 Å². The maximum absolute atomic E-state index is 12.1. The van der Waals surface area contributed by atoms with E-state index >= 15 is 0 Å². The van der Waals surface area contributed by atoms with Gasteiger partial charge in [-0.1, -0.05) is 124 Å². The Hall–Kier alpha value is -3.83. The lowest BCUT2D eigenvalue weighted by Gasteiger charge is -2.51. The maximum Gasteiger partial charge on any atom is 0.302 e. The van der Waals surface area contributed by atoms with Crippen LogP contribution >= 0.6 is 0 Å². The van der Waals surface area contributed by atoms with Gasteiger partial charge < -0.3 is 33.2 Å². The first-order chi connectivity index (χ1) is 23.1. The predicted octanol–water partition coefficient (Wildman–Crippen LogP) is 5.39. The van der Waals surface area contributed by atoms with Crippen molar-refractivity contribution in [1.82, 2.24) is 0 Å². The molecule has 48 heavy (non-hydrogen) atoms. The van der Waals surface area contributed by atoms with E-state index in [0.29, 0.717) is 0 Å².